The first-order chi connectivity index (χ1) is 13.5. The van der Waals surface area contributed by atoms with Crippen molar-refractivity contribution >= 4 is 17.8 Å². The number of hydrogen-bond donors (Lipinski definition) is 1. The summed E-state index contributed by atoms with van der Waals surface area (Å²) in [6.07, 6.45) is 1.26. The van der Waals surface area contributed by atoms with Crippen molar-refractivity contribution in [3.8, 4) is 0 Å². The highest BCUT2D eigenvalue weighted by Gasteiger charge is 2.36. The highest BCUT2D eigenvalue weighted by Crippen LogP contribution is 2.24. The number of carbonyl (C=O) groups is 2. The molecule has 3 rings (SSSR count). The molecule has 1 aromatic carbocycles. The zero-order chi connectivity index (χ0) is 20.1. The van der Waals surface area contributed by atoms with Crippen molar-refractivity contribution in [2.45, 2.75) is 32.9 Å². The fourth-order valence-corrected chi connectivity index (χ4v) is 4.04. The molecule has 28 heavy (non-hydrogen) atoms. The monoisotopic (exact) mass is 386 g/mol. The summed E-state index contributed by atoms with van der Waals surface area (Å²) in [5.41, 5.74) is 2.50. The number of aliphatic imine (C=N–C) groups is 1. The second kappa shape index (κ2) is 9.08. The third kappa shape index (κ3) is 4.46. The molecule has 0 radical (unpaired) electrons. The fourth-order valence-electron chi connectivity index (χ4n) is 4.04. The van der Waals surface area contributed by atoms with E-state index in [1.54, 1.807) is 7.05 Å². The summed E-state index contributed by atoms with van der Waals surface area (Å²) in [6, 6.07) is 8.22. The molecule has 0 saturated carbocycles. The molecule has 1 aromatic rings. The lowest BCUT2D eigenvalue weighted by molar-refractivity contribution is -0.146. The van der Waals surface area contributed by atoms with Crippen LogP contribution in [0.3, 0.4) is 0 Å². The number of amides is 1. The summed E-state index contributed by atoms with van der Waals surface area (Å²) in [5, 5.41) is 3.33. The molecule has 0 aromatic heterocycles. The predicted molar refractivity (Wildman–Crippen MR) is 108 cm³/mol. The number of benzene rings is 1. The number of rotatable bonds is 5. The summed E-state index contributed by atoms with van der Waals surface area (Å²) in [5.74, 6) is 0.904. The second-order valence-corrected chi connectivity index (χ2v) is 7.61. The van der Waals surface area contributed by atoms with Crippen LogP contribution in [0.5, 0.6) is 0 Å². The first-order valence-electron chi connectivity index (χ1n) is 9.91. The average molecular weight is 386 g/mol. The molecular weight excluding hydrogens is 356 g/mol. The van der Waals surface area contributed by atoms with Crippen LogP contribution in [0.25, 0.3) is 0 Å². The van der Waals surface area contributed by atoms with Crippen molar-refractivity contribution in [2.24, 2.45) is 16.8 Å². The minimum Gasteiger partial charge on any atom is -0.469 e. The zero-order valence-electron chi connectivity index (χ0n) is 17.0. The van der Waals surface area contributed by atoms with Crippen molar-refractivity contribution < 1.29 is 14.3 Å². The molecular formula is C21H30N4O3. The second-order valence-electron chi connectivity index (χ2n) is 7.61. The lowest BCUT2D eigenvalue weighted by Crippen LogP contribution is -2.41. The van der Waals surface area contributed by atoms with E-state index in [2.05, 4.69) is 34.3 Å². The smallest absolute Gasteiger partial charge is 0.310 e. The first kappa shape index (κ1) is 20.2. The number of methoxy groups -OCH3 is 1. The van der Waals surface area contributed by atoms with E-state index in [9.17, 15) is 9.59 Å². The Morgan fingerprint density at radius 3 is 2.46 bits per heavy atom. The molecule has 7 nitrogen and oxygen atoms in total. The van der Waals surface area contributed by atoms with E-state index in [4.69, 9.17) is 4.74 Å². The summed E-state index contributed by atoms with van der Waals surface area (Å²) in [4.78, 5) is 32.7. The number of esters is 1. The van der Waals surface area contributed by atoms with E-state index in [1.807, 2.05) is 17.0 Å². The van der Waals surface area contributed by atoms with Gasteiger partial charge in [0.05, 0.1) is 13.0 Å². The minimum absolute atomic E-state index is 0.123. The molecule has 1 amide bonds. The van der Waals surface area contributed by atoms with Crippen LogP contribution in [0.1, 0.15) is 30.9 Å². The Balaban J connectivity index is 1.41. The Kier molecular flexibility index (Phi) is 6.54. The lowest BCUT2D eigenvalue weighted by atomic mass is 9.99. The molecule has 7 heteroatoms. The molecule has 0 bridgehead atoms. The van der Waals surface area contributed by atoms with Crippen LogP contribution in [0.2, 0.25) is 0 Å². The molecule has 0 spiro atoms. The molecule has 2 aliphatic rings. The molecule has 1 fully saturated rings. The van der Waals surface area contributed by atoms with Crippen LogP contribution in [0, 0.1) is 11.8 Å². The topological polar surface area (TPSA) is 74.2 Å². The van der Waals surface area contributed by atoms with Gasteiger partial charge < -0.3 is 19.9 Å². The van der Waals surface area contributed by atoms with E-state index in [0.29, 0.717) is 32.6 Å². The SMILES string of the molecule is CN=C(NCCCC(=O)N1Cc2ccccc2C1)N1CC(C)C(C(=O)OC)C1. The minimum atomic E-state index is -0.164. The molecule has 2 heterocycles. The van der Waals surface area contributed by atoms with Gasteiger partial charge in [-0.25, -0.2) is 0 Å². The summed E-state index contributed by atoms with van der Waals surface area (Å²) < 4.78 is 4.90. The van der Waals surface area contributed by atoms with Crippen molar-refractivity contribution in [1.82, 2.24) is 15.1 Å². The van der Waals surface area contributed by atoms with Gasteiger partial charge in [0, 0.05) is 46.2 Å². The predicted octanol–water partition coefficient (Wildman–Crippen LogP) is 1.63. The van der Waals surface area contributed by atoms with E-state index in [0.717, 1.165) is 18.9 Å². The normalized spacial score (nSPS) is 21.6. The number of likely N-dealkylation sites (tertiary alicyclic amines) is 1. The Morgan fingerprint density at radius 2 is 1.86 bits per heavy atom. The molecule has 2 aliphatic heterocycles. The standard InChI is InChI=1S/C21H30N4O3/c1-15-11-25(14-18(15)20(27)28-3)21(22-2)23-10-6-9-19(26)24-12-16-7-4-5-8-17(16)13-24/h4-5,7-8,15,18H,6,9-14H2,1-3H3,(H,22,23). The number of ether oxygens (including phenoxy) is 1. The average Bonchev–Trinajstić information content (AvgIpc) is 3.31. The van der Waals surface area contributed by atoms with Crippen LogP contribution in [-0.4, -0.2) is 61.4 Å². The third-order valence-corrected chi connectivity index (χ3v) is 5.67. The number of carbonyl (C=O) groups excluding carboxylic acids is 2. The maximum Gasteiger partial charge on any atom is 0.310 e. The van der Waals surface area contributed by atoms with Gasteiger partial charge >= 0.3 is 5.97 Å². The van der Waals surface area contributed by atoms with Gasteiger partial charge in [0.2, 0.25) is 5.91 Å². The number of hydrogen-bond acceptors (Lipinski definition) is 4. The van der Waals surface area contributed by atoms with Crippen LogP contribution in [0.15, 0.2) is 29.3 Å². The summed E-state index contributed by atoms with van der Waals surface area (Å²) >= 11 is 0. The Morgan fingerprint density at radius 1 is 1.18 bits per heavy atom. The molecule has 152 valence electrons. The van der Waals surface area contributed by atoms with Gasteiger partial charge in [0.25, 0.3) is 0 Å². The van der Waals surface area contributed by atoms with Crippen LogP contribution in [0.4, 0.5) is 0 Å². The molecule has 1 saturated heterocycles. The maximum atomic E-state index is 12.5. The van der Waals surface area contributed by atoms with Crippen molar-refractivity contribution in [3.63, 3.8) is 0 Å². The number of guanidine groups is 1. The Hall–Kier alpha value is -2.57. The highest BCUT2D eigenvalue weighted by atomic mass is 16.5. The van der Waals surface area contributed by atoms with Gasteiger partial charge in [0.1, 0.15) is 0 Å². The first-order valence-corrected chi connectivity index (χ1v) is 9.91. The maximum absolute atomic E-state index is 12.5. The largest absolute Gasteiger partial charge is 0.469 e. The molecule has 2 unspecified atom stereocenters. The number of nitrogens with zero attached hydrogens (tertiary/aromatic N) is 3. The van der Waals surface area contributed by atoms with Crippen molar-refractivity contribution in [1.29, 1.82) is 0 Å². The molecule has 0 aliphatic carbocycles. The van der Waals surface area contributed by atoms with Crippen LogP contribution < -0.4 is 5.32 Å². The van der Waals surface area contributed by atoms with Gasteiger partial charge in [-0.05, 0) is 23.5 Å². The van der Waals surface area contributed by atoms with Crippen molar-refractivity contribution in [3.05, 3.63) is 35.4 Å². The number of nitrogens with one attached hydrogen (secondary N) is 1. The fraction of sp³-hybridized carbons (Fsp3) is 0.571. The lowest BCUT2D eigenvalue weighted by Gasteiger charge is -2.21. The highest BCUT2D eigenvalue weighted by molar-refractivity contribution is 5.82. The quantitative estimate of drug-likeness (QED) is 0.360. The molecule has 2 atom stereocenters. The number of fused-ring (bicyclic) bond motifs is 1. The van der Waals surface area contributed by atoms with Crippen LogP contribution >= 0.6 is 0 Å². The van der Waals surface area contributed by atoms with E-state index < -0.39 is 0 Å². The van der Waals surface area contributed by atoms with Gasteiger partial charge in [-0.2, -0.15) is 0 Å². The van der Waals surface area contributed by atoms with Crippen molar-refractivity contribution in [2.75, 3.05) is 33.8 Å². The van der Waals surface area contributed by atoms with E-state index in [-0.39, 0.29) is 23.7 Å². The van der Waals surface area contributed by atoms with Gasteiger partial charge in [-0.3, -0.25) is 14.6 Å². The summed E-state index contributed by atoms with van der Waals surface area (Å²) in [7, 11) is 3.17. The zero-order valence-corrected chi connectivity index (χ0v) is 17.0. The summed E-state index contributed by atoms with van der Waals surface area (Å²) in [6.45, 7) is 5.53. The Bertz CT molecular complexity index is 724. The van der Waals surface area contributed by atoms with Crippen LogP contribution in [-0.2, 0) is 27.4 Å². The van der Waals surface area contributed by atoms with Gasteiger partial charge in [-0.1, -0.05) is 31.2 Å². The van der Waals surface area contributed by atoms with Gasteiger partial charge in [-0.15, -0.1) is 0 Å². The van der Waals surface area contributed by atoms with Gasteiger partial charge in [0.15, 0.2) is 5.96 Å². The third-order valence-electron chi connectivity index (χ3n) is 5.67. The Labute approximate surface area is 166 Å². The molecule has 1 N–H and O–H groups in total. The van der Waals surface area contributed by atoms with E-state index >= 15 is 0 Å². The van der Waals surface area contributed by atoms with E-state index in [1.165, 1.54) is 18.2 Å².